The maximum absolute atomic E-state index is 3.47. The Hall–Kier alpha value is -0.0400. The molecule has 0 bridgehead atoms. The number of nitrogens with one attached hydrogen (secondary N) is 1. The highest BCUT2D eigenvalue weighted by Crippen LogP contribution is 2.03. The quantitative estimate of drug-likeness (QED) is 0.637. The number of hydrogen-bond acceptors (Lipinski definition) is 1. The lowest BCUT2D eigenvalue weighted by atomic mass is 10.0. The van der Waals surface area contributed by atoms with Crippen molar-refractivity contribution in [1.29, 1.82) is 0 Å². The zero-order valence-electron chi connectivity index (χ0n) is 7.94. The summed E-state index contributed by atoms with van der Waals surface area (Å²) in [6, 6.07) is 1.29. The Balaban J connectivity index is 3.34. The van der Waals surface area contributed by atoms with E-state index in [1.54, 1.807) is 0 Å². The molecule has 0 amide bonds. The van der Waals surface area contributed by atoms with Gasteiger partial charge in [-0.3, -0.25) is 0 Å². The molecule has 0 radical (unpaired) electrons. The first-order valence-corrected chi connectivity index (χ1v) is 4.28. The van der Waals surface area contributed by atoms with Crippen LogP contribution in [0.4, 0.5) is 0 Å². The van der Waals surface area contributed by atoms with Crippen molar-refractivity contribution in [3.63, 3.8) is 0 Å². The van der Waals surface area contributed by atoms with Gasteiger partial charge in [-0.1, -0.05) is 27.7 Å². The Morgan fingerprint density at radius 3 is 1.80 bits per heavy atom. The van der Waals surface area contributed by atoms with Crippen molar-refractivity contribution >= 4 is 0 Å². The summed E-state index contributed by atoms with van der Waals surface area (Å²) in [5.41, 5.74) is 0. The number of hydrogen-bond donors (Lipinski definition) is 1. The summed E-state index contributed by atoms with van der Waals surface area (Å²) in [5, 5.41) is 3.47. The number of rotatable bonds is 4. The maximum Gasteiger partial charge on any atom is 0.00435 e. The molecule has 0 fully saturated rings. The first-order chi connectivity index (χ1) is 4.52. The largest absolute Gasteiger partial charge is 0.312 e. The summed E-state index contributed by atoms with van der Waals surface area (Å²) in [7, 11) is 0. The summed E-state index contributed by atoms with van der Waals surface area (Å²) < 4.78 is 0. The molecule has 0 rings (SSSR count). The predicted molar refractivity (Wildman–Crippen MR) is 47.2 cm³/mol. The molecule has 10 heavy (non-hydrogen) atoms. The maximum atomic E-state index is 3.47. The smallest absolute Gasteiger partial charge is 0.00435 e. The first kappa shape index (κ1) is 9.96. The molecule has 0 spiro atoms. The minimum absolute atomic E-state index is 0.619. The molecule has 62 valence electrons. The van der Waals surface area contributed by atoms with Crippen molar-refractivity contribution in [2.45, 2.75) is 53.1 Å². The average Bonchev–Trinajstić information content (AvgIpc) is 1.58. The van der Waals surface area contributed by atoms with Crippen LogP contribution < -0.4 is 5.32 Å². The van der Waals surface area contributed by atoms with Gasteiger partial charge in [0.2, 0.25) is 0 Å². The molecule has 1 atom stereocenters. The van der Waals surface area contributed by atoms with Gasteiger partial charge in [-0.2, -0.15) is 0 Å². The highest BCUT2D eigenvalue weighted by molar-refractivity contribution is 4.64. The molecule has 0 saturated carbocycles. The lowest BCUT2D eigenvalue weighted by Crippen LogP contribution is -2.33. The van der Waals surface area contributed by atoms with Gasteiger partial charge in [0.05, 0.1) is 0 Å². The molecular weight excluding hydrogens is 122 g/mol. The highest BCUT2D eigenvalue weighted by Gasteiger charge is 2.04. The van der Waals surface area contributed by atoms with E-state index in [9.17, 15) is 0 Å². The third-order valence-electron chi connectivity index (χ3n) is 1.44. The first-order valence-electron chi connectivity index (χ1n) is 4.28. The van der Waals surface area contributed by atoms with Gasteiger partial charge in [-0.05, 0) is 19.3 Å². The second-order valence-corrected chi connectivity index (χ2v) is 3.85. The van der Waals surface area contributed by atoms with Crippen LogP contribution in [0, 0.1) is 5.92 Å². The zero-order valence-corrected chi connectivity index (χ0v) is 7.94. The topological polar surface area (TPSA) is 12.0 Å². The van der Waals surface area contributed by atoms with Gasteiger partial charge < -0.3 is 5.32 Å². The molecule has 1 heteroatoms. The van der Waals surface area contributed by atoms with Gasteiger partial charge >= 0.3 is 0 Å². The fourth-order valence-corrected chi connectivity index (χ4v) is 1.34. The summed E-state index contributed by atoms with van der Waals surface area (Å²) in [5.74, 6) is 0.807. The standard InChI is InChI=1S/C9H21N/c1-7(2)6-9(5)10-8(3)4/h7-10H,6H2,1-5H3. The molecule has 0 aliphatic heterocycles. The van der Waals surface area contributed by atoms with E-state index in [4.69, 9.17) is 0 Å². The molecule has 1 unspecified atom stereocenters. The SMILES string of the molecule is CC(C)CC(C)NC(C)C. The normalized spacial score (nSPS) is 14.7. The summed E-state index contributed by atoms with van der Waals surface area (Å²) in [4.78, 5) is 0. The van der Waals surface area contributed by atoms with Gasteiger partial charge in [0, 0.05) is 12.1 Å². The molecule has 0 aromatic rings. The van der Waals surface area contributed by atoms with Crippen molar-refractivity contribution in [3.8, 4) is 0 Å². The Labute approximate surface area is 65.2 Å². The minimum atomic E-state index is 0.619. The van der Waals surface area contributed by atoms with Crippen LogP contribution in [-0.2, 0) is 0 Å². The van der Waals surface area contributed by atoms with Crippen LogP contribution in [-0.4, -0.2) is 12.1 Å². The van der Waals surface area contributed by atoms with Gasteiger partial charge in [0.1, 0.15) is 0 Å². The van der Waals surface area contributed by atoms with Crippen molar-refractivity contribution in [1.82, 2.24) is 5.32 Å². The van der Waals surface area contributed by atoms with E-state index < -0.39 is 0 Å². The molecule has 0 aliphatic rings. The molecule has 0 heterocycles. The van der Waals surface area contributed by atoms with Crippen LogP contribution in [0.2, 0.25) is 0 Å². The Morgan fingerprint density at radius 2 is 1.50 bits per heavy atom. The van der Waals surface area contributed by atoms with E-state index in [0.717, 1.165) is 5.92 Å². The third kappa shape index (κ3) is 6.09. The lowest BCUT2D eigenvalue weighted by molar-refractivity contribution is 0.413. The Kier molecular flexibility index (Phi) is 4.71. The molecule has 1 N–H and O–H groups in total. The highest BCUT2D eigenvalue weighted by atomic mass is 14.9. The van der Waals surface area contributed by atoms with E-state index in [1.165, 1.54) is 6.42 Å². The Bertz CT molecular complexity index is 66.8. The predicted octanol–water partition coefficient (Wildman–Crippen LogP) is 2.42. The monoisotopic (exact) mass is 143 g/mol. The van der Waals surface area contributed by atoms with Crippen LogP contribution in [0.15, 0.2) is 0 Å². The third-order valence-corrected chi connectivity index (χ3v) is 1.44. The summed E-state index contributed by atoms with van der Waals surface area (Å²) in [6.45, 7) is 11.2. The van der Waals surface area contributed by atoms with Crippen molar-refractivity contribution in [3.05, 3.63) is 0 Å². The van der Waals surface area contributed by atoms with E-state index in [-0.39, 0.29) is 0 Å². The average molecular weight is 143 g/mol. The molecule has 0 saturated heterocycles. The molecule has 0 aromatic heterocycles. The van der Waals surface area contributed by atoms with Crippen LogP contribution in [0.5, 0.6) is 0 Å². The van der Waals surface area contributed by atoms with E-state index in [2.05, 4.69) is 39.9 Å². The van der Waals surface area contributed by atoms with Crippen molar-refractivity contribution in [2.75, 3.05) is 0 Å². The van der Waals surface area contributed by atoms with Crippen LogP contribution in [0.1, 0.15) is 41.0 Å². The zero-order chi connectivity index (χ0) is 8.15. The van der Waals surface area contributed by atoms with Crippen molar-refractivity contribution < 1.29 is 0 Å². The molecule has 0 aliphatic carbocycles. The van der Waals surface area contributed by atoms with Crippen molar-refractivity contribution in [2.24, 2.45) is 5.92 Å². The van der Waals surface area contributed by atoms with Crippen LogP contribution in [0.3, 0.4) is 0 Å². The fourth-order valence-electron chi connectivity index (χ4n) is 1.34. The molecular formula is C9H21N. The lowest BCUT2D eigenvalue weighted by Gasteiger charge is -2.18. The van der Waals surface area contributed by atoms with Gasteiger partial charge in [-0.25, -0.2) is 0 Å². The van der Waals surface area contributed by atoms with Crippen LogP contribution >= 0.6 is 0 Å². The van der Waals surface area contributed by atoms with Crippen LogP contribution in [0.25, 0.3) is 0 Å². The summed E-state index contributed by atoms with van der Waals surface area (Å²) >= 11 is 0. The molecule has 1 nitrogen and oxygen atoms in total. The van der Waals surface area contributed by atoms with E-state index >= 15 is 0 Å². The minimum Gasteiger partial charge on any atom is -0.312 e. The second-order valence-electron chi connectivity index (χ2n) is 3.85. The van der Waals surface area contributed by atoms with Gasteiger partial charge in [0.15, 0.2) is 0 Å². The summed E-state index contributed by atoms with van der Waals surface area (Å²) in [6.07, 6.45) is 1.28. The van der Waals surface area contributed by atoms with E-state index in [0.29, 0.717) is 12.1 Å². The fraction of sp³-hybridized carbons (Fsp3) is 1.00. The Morgan fingerprint density at radius 1 is 1.00 bits per heavy atom. The second kappa shape index (κ2) is 4.73. The van der Waals surface area contributed by atoms with Gasteiger partial charge in [-0.15, -0.1) is 0 Å². The molecule has 0 aromatic carbocycles. The van der Waals surface area contributed by atoms with Gasteiger partial charge in [0.25, 0.3) is 0 Å². The van der Waals surface area contributed by atoms with E-state index in [1.807, 2.05) is 0 Å².